The maximum Gasteiger partial charge on any atom is 0.344 e. The van der Waals surface area contributed by atoms with E-state index in [2.05, 4.69) is 10.6 Å². The molecule has 140 valence electrons. The van der Waals surface area contributed by atoms with E-state index in [1.807, 2.05) is 42.5 Å². The third kappa shape index (κ3) is 6.14. The van der Waals surface area contributed by atoms with Crippen molar-refractivity contribution in [2.45, 2.75) is 18.9 Å². The van der Waals surface area contributed by atoms with Gasteiger partial charge in [0.2, 0.25) is 0 Å². The lowest BCUT2D eigenvalue weighted by atomic mass is 10.1. The van der Waals surface area contributed by atoms with Crippen LogP contribution in [0.15, 0.2) is 54.6 Å². The average molecular weight is 368 g/mol. The number of imide groups is 1. The Morgan fingerprint density at radius 1 is 0.889 bits per heavy atom. The molecule has 1 aliphatic carbocycles. The summed E-state index contributed by atoms with van der Waals surface area (Å²) in [6.45, 7) is -0.862. The second-order valence-electron chi connectivity index (χ2n) is 6.14. The molecule has 0 unspecified atom stereocenters. The number of amides is 3. The molecule has 3 rings (SSSR count). The molecule has 3 amide bonds. The fourth-order valence-electron chi connectivity index (χ4n) is 2.32. The van der Waals surface area contributed by atoms with E-state index < -0.39 is 24.5 Å². The van der Waals surface area contributed by atoms with Crippen molar-refractivity contribution < 1.29 is 23.9 Å². The first-order valence-corrected chi connectivity index (χ1v) is 8.64. The fourth-order valence-corrected chi connectivity index (χ4v) is 2.32. The summed E-state index contributed by atoms with van der Waals surface area (Å²) in [5.41, 5.74) is 2.12. The van der Waals surface area contributed by atoms with Crippen molar-refractivity contribution in [2.24, 2.45) is 0 Å². The van der Waals surface area contributed by atoms with E-state index >= 15 is 0 Å². The highest BCUT2D eigenvalue weighted by Crippen LogP contribution is 2.22. The third-order valence-corrected chi connectivity index (χ3v) is 3.85. The minimum Gasteiger partial charge on any atom is -0.482 e. The van der Waals surface area contributed by atoms with Gasteiger partial charge in [-0.15, -0.1) is 0 Å². The van der Waals surface area contributed by atoms with Gasteiger partial charge in [-0.1, -0.05) is 42.5 Å². The maximum absolute atomic E-state index is 11.7. The normalized spacial score (nSPS) is 12.7. The summed E-state index contributed by atoms with van der Waals surface area (Å²) in [5, 5.41) is 4.69. The molecule has 0 radical (unpaired) electrons. The molecule has 0 heterocycles. The van der Waals surface area contributed by atoms with Gasteiger partial charge in [-0.25, -0.2) is 9.59 Å². The summed E-state index contributed by atoms with van der Waals surface area (Å²) in [5.74, 6) is -0.867. The van der Waals surface area contributed by atoms with Gasteiger partial charge < -0.3 is 14.8 Å². The second kappa shape index (κ2) is 8.84. The zero-order chi connectivity index (χ0) is 19.1. The molecule has 2 N–H and O–H groups in total. The van der Waals surface area contributed by atoms with Crippen LogP contribution < -0.4 is 15.4 Å². The Morgan fingerprint density at radius 3 is 2.22 bits per heavy atom. The zero-order valence-electron chi connectivity index (χ0n) is 14.6. The number of ether oxygens (including phenoxy) is 2. The fraction of sp³-hybridized carbons (Fsp3) is 0.250. The van der Waals surface area contributed by atoms with Gasteiger partial charge in [-0.2, -0.15) is 0 Å². The highest BCUT2D eigenvalue weighted by atomic mass is 16.6. The number of rotatable bonds is 7. The molecule has 0 spiro atoms. The summed E-state index contributed by atoms with van der Waals surface area (Å²) in [7, 11) is 0. The highest BCUT2D eigenvalue weighted by molar-refractivity contribution is 5.95. The Balaban J connectivity index is 1.37. The van der Waals surface area contributed by atoms with Crippen LogP contribution in [0.4, 0.5) is 4.79 Å². The van der Waals surface area contributed by atoms with Crippen LogP contribution in [0.3, 0.4) is 0 Å². The molecular weight excluding hydrogens is 348 g/mol. The van der Waals surface area contributed by atoms with Crippen molar-refractivity contribution in [1.29, 1.82) is 0 Å². The van der Waals surface area contributed by atoms with Crippen LogP contribution in [0.25, 0.3) is 11.1 Å². The number of carbonyl (C=O) groups is 3. The van der Waals surface area contributed by atoms with Crippen LogP contribution in [0, 0.1) is 0 Å². The molecule has 1 fully saturated rings. The predicted molar refractivity (Wildman–Crippen MR) is 98.0 cm³/mol. The summed E-state index contributed by atoms with van der Waals surface area (Å²) in [6.07, 6.45) is 1.83. The Bertz CT molecular complexity index is 801. The molecule has 0 atom stereocenters. The number of esters is 1. The lowest BCUT2D eigenvalue weighted by Gasteiger charge is -2.08. The van der Waals surface area contributed by atoms with Gasteiger partial charge in [0.05, 0.1) is 0 Å². The third-order valence-electron chi connectivity index (χ3n) is 3.85. The minimum absolute atomic E-state index is 0.141. The molecule has 1 aliphatic rings. The van der Waals surface area contributed by atoms with E-state index in [4.69, 9.17) is 9.47 Å². The highest BCUT2D eigenvalue weighted by Gasteiger charge is 2.24. The molecule has 7 heteroatoms. The number of hydrogen-bond donors (Lipinski definition) is 2. The Kier molecular flexibility index (Phi) is 6.04. The summed E-state index contributed by atoms with van der Waals surface area (Å²) in [4.78, 5) is 34.6. The molecule has 7 nitrogen and oxygen atoms in total. The molecular formula is C20H20N2O5. The average Bonchev–Trinajstić information content (AvgIpc) is 3.49. The summed E-state index contributed by atoms with van der Waals surface area (Å²) in [6, 6.07) is 16.7. The second-order valence-corrected chi connectivity index (χ2v) is 6.14. The number of carbonyl (C=O) groups excluding carboxylic acids is 3. The van der Waals surface area contributed by atoms with E-state index in [0.717, 1.165) is 24.0 Å². The van der Waals surface area contributed by atoms with Crippen molar-refractivity contribution in [3.63, 3.8) is 0 Å². The van der Waals surface area contributed by atoms with Gasteiger partial charge in [0, 0.05) is 6.04 Å². The molecule has 0 aromatic heterocycles. The quantitative estimate of drug-likeness (QED) is 0.731. The van der Waals surface area contributed by atoms with Gasteiger partial charge in [-0.3, -0.25) is 10.1 Å². The Morgan fingerprint density at radius 2 is 1.56 bits per heavy atom. The molecule has 27 heavy (non-hydrogen) atoms. The van der Waals surface area contributed by atoms with Crippen molar-refractivity contribution in [3.05, 3.63) is 54.6 Å². The molecule has 1 saturated carbocycles. The SMILES string of the molecule is O=C(COC(=O)COc1ccc(-c2ccccc2)cc1)NC(=O)NC1CC1. The lowest BCUT2D eigenvalue weighted by Crippen LogP contribution is -2.42. The molecule has 0 bridgehead atoms. The molecule has 0 aliphatic heterocycles. The number of nitrogens with one attached hydrogen (secondary N) is 2. The summed E-state index contributed by atoms with van der Waals surface area (Å²) >= 11 is 0. The van der Waals surface area contributed by atoms with Gasteiger partial charge in [0.25, 0.3) is 5.91 Å². The lowest BCUT2D eigenvalue weighted by molar-refractivity contribution is -0.150. The van der Waals surface area contributed by atoms with Crippen LogP contribution in [-0.2, 0) is 14.3 Å². The number of hydrogen-bond acceptors (Lipinski definition) is 5. The van der Waals surface area contributed by atoms with Crippen molar-refractivity contribution in [1.82, 2.24) is 10.6 Å². The van der Waals surface area contributed by atoms with E-state index in [1.54, 1.807) is 12.1 Å². The predicted octanol–water partition coefficient (Wildman–Crippen LogP) is 2.26. The van der Waals surface area contributed by atoms with Gasteiger partial charge in [0.15, 0.2) is 13.2 Å². The van der Waals surface area contributed by atoms with E-state index in [1.165, 1.54) is 0 Å². The van der Waals surface area contributed by atoms with Crippen LogP contribution in [0.2, 0.25) is 0 Å². The first-order chi connectivity index (χ1) is 13.1. The zero-order valence-corrected chi connectivity index (χ0v) is 14.6. The largest absolute Gasteiger partial charge is 0.482 e. The van der Waals surface area contributed by atoms with Gasteiger partial charge in [0.1, 0.15) is 5.75 Å². The Labute approximate surface area is 156 Å². The van der Waals surface area contributed by atoms with Crippen LogP contribution in [-0.4, -0.2) is 37.2 Å². The molecule has 2 aromatic rings. The maximum atomic E-state index is 11.7. The van der Waals surface area contributed by atoms with Crippen molar-refractivity contribution in [3.8, 4) is 16.9 Å². The molecule has 0 saturated heterocycles. The first kappa shape index (κ1) is 18.4. The monoisotopic (exact) mass is 368 g/mol. The molecule has 2 aromatic carbocycles. The van der Waals surface area contributed by atoms with Gasteiger partial charge in [-0.05, 0) is 36.1 Å². The first-order valence-electron chi connectivity index (χ1n) is 8.64. The van der Waals surface area contributed by atoms with Gasteiger partial charge >= 0.3 is 12.0 Å². The number of benzene rings is 2. The van der Waals surface area contributed by atoms with E-state index in [9.17, 15) is 14.4 Å². The summed E-state index contributed by atoms with van der Waals surface area (Å²) < 4.78 is 10.1. The van der Waals surface area contributed by atoms with Crippen molar-refractivity contribution >= 4 is 17.9 Å². The Hall–Kier alpha value is -3.35. The topological polar surface area (TPSA) is 93.7 Å². The minimum atomic E-state index is -0.695. The smallest absolute Gasteiger partial charge is 0.344 e. The van der Waals surface area contributed by atoms with E-state index in [-0.39, 0.29) is 12.6 Å². The van der Waals surface area contributed by atoms with E-state index in [0.29, 0.717) is 5.75 Å². The van der Waals surface area contributed by atoms with Crippen LogP contribution in [0.5, 0.6) is 5.75 Å². The standard InChI is InChI=1S/C20H20N2O5/c23-18(22-20(25)21-16-8-9-16)12-27-19(24)13-26-17-10-6-15(7-11-17)14-4-2-1-3-5-14/h1-7,10-11,16H,8-9,12-13H2,(H2,21,22,23,25). The van der Waals surface area contributed by atoms with Crippen molar-refractivity contribution in [2.75, 3.05) is 13.2 Å². The van der Waals surface area contributed by atoms with Crippen LogP contribution >= 0.6 is 0 Å². The number of urea groups is 1. The van der Waals surface area contributed by atoms with Crippen LogP contribution in [0.1, 0.15) is 12.8 Å².